The summed E-state index contributed by atoms with van der Waals surface area (Å²) in [7, 11) is 3.91. The first-order chi connectivity index (χ1) is 4.22. The van der Waals surface area contributed by atoms with Gasteiger partial charge in [-0.05, 0) is 6.26 Å². The molecule has 0 aliphatic rings. The molecule has 0 aromatic rings. The van der Waals surface area contributed by atoms with Crippen molar-refractivity contribution in [3.8, 4) is 0 Å². The van der Waals surface area contributed by atoms with Crippen molar-refractivity contribution in [2.24, 2.45) is 4.99 Å². The highest BCUT2D eigenvalue weighted by molar-refractivity contribution is 8.13. The van der Waals surface area contributed by atoms with E-state index < -0.39 is 0 Å². The Balaban J connectivity index is 3.96. The predicted molar refractivity (Wildman–Crippen MR) is 44.8 cm³/mol. The second-order valence-electron chi connectivity index (χ2n) is 1.69. The van der Waals surface area contributed by atoms with Gasteiger partial charge in [-0.25, -0.2) is 4.99 Å². The van der Waals surface area contributed by atoms with Gasteiger partial charge in [-0.1, -0.05) is 18.3 Å². The van der Waals surface area contributed by atoms with Gasteiger partial charge in [0.15, 0.2) is 5.17 Å². The number of amidine groups is 1. The molecule has 0 saturated heterocycles. The largest absolute Gasteiger partial charge is 0.357 e. The third-order valence-electron chi connectivity index (χ3n) is 0.767. The van der Waals surface area contributed by atoms with E-state index >= 15 is 0 Å². The zero-order valence-corrected chi connectivity index (χ0v) is 6.90. The minimum Gasteiger partial charge on any atom is -0.357 e. The van der Waals surface area contributed by atoms with Crippen molar-refractivity contribution >= 4 is 16.9 Å². The van der Waals surface area contributed by atoms with Gasteiger partial charge in [0.25, 0.3) is 0 Å². The van der Waals surface area contributed by atoms with E-state index in [4.69, 9.17) is 0 Å². The second kappa shape index (κ2) is 4.44. The first-order valence-electron chi connectivity index (χ1n) is 2.62. The molecule has 0 bridgehead atoms. The van der Waals surface area contributed by atoms with Crippen LogP contribution in [0.5, 0.6) is 0 Å². The summed E-state index contributed by atoms with van der Waals surface area (Å²) in [6.07, 6.45) is 3.54. The molecule has 0 spiro atoms. The van der Waals surface area contributed by atoms with Crippen LogP contribution >= 0.6 is 11.8 Å². The molecule has 0 atom stereocenters. The van der Waals surface area contributed by atoms with Crippen LogP contribution in [0.1, 0.15) is 0 Å². The molecule has 0 aromatic carbocycles. The van der Waals surface area contributed by atoms with Gasteiger partial charge < -0.3 is 4.90 Å². The molecule has 0 amide bonds. The van der Waals surface area contributed by atoms with Gasteiger partial charge in [0.1, 0.15) is 0 Å². The van der Waals surface area contributed by atoms with Gasteiger partial charge in [0, 0.05) is 20.3 Å². The Bertz CT molecular complexity index is 118. The van der Waals surface area contributed by atoms with Gasteiger partial charge in [-0.3, -0.25) is 0 Å². The SMILES string of the molecule is C=CN=C(SC)N(C)C. The summed E-state index contributed by atoms with van der Waals surface area (Å²) in [6, 6.07) is 0. The van der Waals surface area contributed by atoms with E-state index in [1.807, 2.05) is 25.3 Å². The lowest BCUT2D eigenvalue weighted by atomic mass is 10.9. The topological polar surface area (TPSA) is 15.6 Å². The molecule has 9 heavy (non-hydrogen) atoms. The molecule has 2 nitrogen and oxygen atoms in total. The smallest absolute Gasteiger partial charge is 0.162 e. The van der Waals surface area contributed by atoms with Crippen molar-refractivity contribution in [1.29, 1.82) is 0 Å². The normalized spacial score (nSPS) is 11.2. The fourth-order valence-electron chi connectivity index (χ4n) is 0.429. The van der Waals surface area contributed by atoms with E-state index in [-0.39, 0.29) is 0 Å². The lowest BCUT2D eigenvalue weighted by Gasteiger charge is -2.11. The fourth-order valence-corrected chi connectivity index (χ4v) is 0.974. The summed E-state index contributed by atoms with van der Waals surface area (Å²) < 4.78 is 0. The maximum absolute atomic E-state index is 4.01. The lowest BCUT2D eigenvalue weighted by molar-refractivity contribution is 0.636. The summed E-state index contributed by atoms with van der Waals surface area (Å²) in [5, 5.41) is 0.977. The maximum Gasteiger partial charge on any atom is 0.162 e. The summed E-state index contributed by atoms with van der Waals surface area (Å²) in [5.41, 5.74) is 0. The van der Waals surface area contributed by atoms with E-state index in [0.717, 1.165) is 5.17 Å². The lowest BCUT2D eigenvalue weighted by Crippen LogP contribution is -2.17. The van der Waals surface area contributed by atoms with Crippen molar-refractivity contribution < 1.29 is 0 Å². The first kappa shape index (κ1) is 8.56. The molecule has 0 aromatic heterocycles. The third kappa shape index (κ3) is 3.19. The van der Waals surface area contributed by atoms with Crippen LogP contribution in [-0.2, 0) is 0 Å². The molecule has 0 heterocycles. The van der Waals surface area contributed by atoms with Crippen molar-refractivity contribution in [3.05, 3.63) is 12.8 Å². The average molecular weight is 144 g/mol. The van der Waals surface area contributed by atoms with Crippen LogP contribution in [-0.4, -0.2) is 30.4 Å². The minimum absolute atomic E-state index is 0.977. The molecule has 0 aliphatic carbocycles. The van der Waals surface area contributed by atoms with Gasteiger partial charge in [0.05, 0.1) is 0 Å². The third-order valence-corrected chi connectivity index (χ3v) is 1.60. The zero-order chi connectivity index (χ0) is 7.28. The van der Waals surface area contributed by atoms with E-state index in [9.17, 15) is 0 Å². The Morgan fingerprint density at radius 3 is 2.33 bits per heavy atom. The van der Waals surface area contributed by atoms with Crippen molar-refractivity contribution in [3.63, 3.8) is 0 Å². The van der Waals surface area contributed by atoms with E-state index in [1.54, 1.807) is 18.0 Å². The predicted octanol–water partition coefficient (Wildman–Crippen LogP) is 1.41. The molecular formula is C6H12N2S. The van der Waals surface area contributed by atoms with Crippen molar-refractivity contribution in [2.75, 3.05) is 20.4 Å². The van der Waals surface area contributed by atoms with Crippen LogP contribution in [0, 0.1) is 0 Å². The number of hydrogen-bond acceptors (Lipinski definition) is 2. The number of nitrogens with zero attached hydrogens (tertiary/aromatic N) is 2. The quantitative estimate of drug-likeness (QED) is 0.408. The molecule has 0 saturated carbocycles. The zero-order valence-electron chi connectivity index (χ0n) is 6.09. The van der Waals surface area contributed by atoms with Gasteiger partial charge in [-0.15, -0.1) is 0 Å². The molecule has 0 aliphatic heterocycles. The first-order valence-corrected chi connectivity index (χ1v) is 3.85. The van der Waals surface area contributed by atoms with Gasteiger partial charge in [-0.2, -0.15) is 0 Å². The molecule has 52 valence electrons. The van der Waals surface area contributed by atoms with E-state index in [2.05, 4.69) is 11.6 Å². The standard InChI is InChI=1S/C6H12N2S/c1-5-7-6(9-4)8(2)3/h5H,1H2,2-4H3. The average Bonchev–Trinajstić information content (AvgIpc) is 1.82. The summed E-state index contributed by atoms with van der Waals surface area (Å²) in [6.45, 7) is 3.50. The van der Waals surface area contributed by atoms with Crippen LogP contribution < -0.4 is 0 Å². The molecule has 0 unspecified atom stereocenters. The Morgan fingerprint density at radius 2 is 2.22 bits per heavy atom. The van der Waals surface area contributed by atoms with Crippen LogP contribution in [0.4, 0.5) is 0 Å². The van der Waals surface area contributed by atoms with Gasteiger partial charge in [0.2, 0.25) is 0 Å². The fraction of sp³-hybridized carbons (Fsp3) is 0.500. The van der Waals surface area contributed by atoms with Gasteiger partial charge >= 0.3 is 0 Å². The summed E-state index contributed by atoms with van der Waals surface area (Å²) in [5.74, 6) is 0. The number of rotatable bonds is 1. The van der Waals surface area contributed by atoms with E-state index in [1.165, 1.54) is 0 Å². The maximum atomic E-state index is 4.01. The number of thioether (sulfide) groups is 1. The number of aliphatic imine (C=N–C) groups is 1. The van der Waals surface area contributed by atoms with Crippen molar-refractivity contribution in [2.45, 2.75) is 0 Å². The summed E-state index contributed by atoms with van der Waals surface area (Å²) in [4.78, 5) is 5.96. The highest BCUT2D eigenvalue weighted by Gasteiger charge is 1.94. The Labute approximate surface area is 60.7 Å². The Kier molecular flexibility index (Phi) is 4.22. The molecule has 0 N–H and O–H groups in total. The Morgan fingerprint density at radius 1 is 1.67 bits per heavy atom. The van der Waals surface area contributed by atoms with Crippen LogP contribution in [0.15, 0.2) is 17.8 Å². The molecule has 0 rings (SSSR count). The van der Waals surface area contributed by atoms with E-state index in [0.29, 0.717) is 0 Å². The Hall–Kier alpha value is -0.440. The molecule has 0 radical (unpaired) electrons. The molecule has 3 heteroatoms. The minimum atomic E-state index is 0.977. The molecule has 0 fully saturated rings. The monoisotopic (exact) mass is 144 g/mol. The summed E-state index contributed by atoms with van der Waals surface area (Å²) >= 11 is 1.61. The highest BCUT2D eigenvalue weighted by Crippen LogP contribution is 2.00. The highest BCUT2D eigenvalue weighted by atomic mass is 32.2. The van der Waals surface area contributed by atoms with Crippen LogP contribution in [0.25, 0.3) is 0 Å². The van der Waals surface area contributed by atoms with Crippen molar-refractivity contribution in [1.82, 2.24) is 4.90 Å². The molecular weight excluding hydrogens is 132 g/mol. The second-order valence-corrected chi connectivity index (χ2v) is 2.47. The number of hydrogen-bond donors (Lipinski definition) is 0. The van der Waals surface area contributed by atoms with Crippen LogP contribution in [0.2, 0.25) is 0 Å². The van der Waals surface area contributed by atoms with Crippen LogP contribution in [0.3, 0.4) is 0 Å².